The average molecular weight is 322 g/mol. The second kappa shape index (κ2) is 6.39. The van der Waals surface area contributed by atoms with E-state index in [9.17, 15) is 16.8 Å². The van der Waals surface area contributed by atoms with Crippen LogP contribution in [-0.4, -0.2) is 36.2 Å². The zero-order valence-corrected chi connectivity index (χ0v) is 12.6. The van der Waals surface area contributed by atoms with Gasteiger partial charge in [-0.2, -0.15) is 0 Å². The van der Waals surface area contributed by atoms with E-state index in [4.69, 9.17) is 10.9 Å². The predicted octanol–water partition coefficient (Wildman–Crippen LogP) is -0.733. The standard InChI is InChI=1S/C10H18N4O4S2/c1-19(15,16)14-7-3-6-13-8-4-2-5-9(10(8)11)20(12,17)18/h2,4-5,13-14H,3,6-7,11H2,1H3,(H2,12,17,18). The molecule has 0 radical (unpaired) electrons. The fourth-order valence-corrected chi connectivity index (χ4v) is 2.72. The highest BCUT2D eigenvalue weighted by Crippen LogP contribution is 2.25. The molecule has 0 fully saturated rings. The number of primary sulfonamides is 1. The molecule has 0 unspecified atom stereocenters. The summed E-state index contributed by atoms with van der Waals surface area (Å²) in [7, 11) is -7.07. The van der Waals surface area contributed by atoms with E-state index >= 15 is 0 Å². The summed E-state index contributed by atoms with van der Waals surface area (Å²) in [5.41, 5.74) is 6.21. The number of anilines is 2. The van der Waals surface area contributed by atoms with Crippen molar-refractivity contribution in [3.8, 4) is 0 Å². The highest BCUT2D eigenvalue weighted by atomic mass is 32.2. The van der Waals surface area contributed by atoms with Gasteiger partial charge in [-0.3, -0.25) is 0 Å². The van der Waals surface area contributed by atoms with E-state index in [0.29, 0.717) is 18.7 Å². The van der Waals surface area contributed by atoms with Crippen molar-refractivity contribution in [2.24, 2.45) is 5.14 Å². The number of sulfonamides is 2. The van der Waals surface area contributed by atoms with Gasteiger partial charge in [0.2, 0.25) is 20.0 Å². The summed E-state index contributed by atoms with van der Waals surface area (Å²) in [6.07, 6.45) is 1.60. The molecule has 0 heterocycles. The Morgan fingerprint density at radius 1 is 1.15 bits per heavy atom. The Morgan fingerprint density at radius 2 is 1.80 bits per heavy atom. The van der Waals surface area contributed by atoms with Crippen molar-refractivity contribution in [1.82, 2.24) is 4.72 Å². The summed E-state index contributed by atoms with van der Waals surface area (Å²) < 4.78 is 46.6. The quantitative estimate of drug-likeness (QED) is 0.384. The number of nitrogen functional groups attached to an aromatic ring is 1. The van der Waals surface area contributed by atoms with Gasteiger partial charge in [-0.05, 0) is 18.6 Å². The minimum absolute atomic E-state index is 0.0473. The molecule has 0 saturated heterocycles. The number of rotatable bonds is 7. The van der Waals surface area contributed by atoms with Gasteiger partial charge in [0, 0.05) is 13.1 Å². The minimum Gasteiger partial charge on any atom is -0.396 e. The lowest BCUT2D eigenvalue weighted by molar-refractivity contribution is 0.586. The van der Waals surface area contributed by atoms with Crippen LogP contribution in [0.4, 0.5) is 11.4 Å². The highest BCUT2D eigenvalue weighted by Gasteiger charge is 2.14. The van der Waals surface area contributed by atoms with Crippen LogP contribution in [0.1, 0.15) is 6.42 Å². The number of hydrogen-bond donors (Lipinski definition) is 4. The molecule has 0 aliphatic rings. The van der Waals surface area contributed by atoms with Crippen molar-refractivity contribution in [3.63, 3.8) is 0 Å². The molecular formula is C10H18N4O4S2. The third-order valence-corrected chi connectivity index (χ3v) is 4.10. The molecule has 0 aliphatic carbocycles. The van der Waals surface area contributed by atoms with Crippen molar-refractivity contribution >= 4 is 31.4 Å². The van der Waals surface area contributed by atoms with E-state index in [-0.39, 0.29) is 17.1 Å². The zero-order chi connectivity index (χ0) is 15.4. The molecule has 0 aromatic heterocycles. The first-order valence-electron chi connectivity index (χ1n) is 5.71. The molecule has 0 spiro atoms. The fourth-order valence-electron chi connectivity index (χ4n) is 1.52. The van der Waals surface area contributed by atoms with E-state index in [1.807, 2.05) is 0 Å². The summed E-state index contributed by atoms with van der Waals surface area (Å²) in [6, 6.07) is 4.46. The number of nitrogens with two attached hydrogens (primary N) is 2. The van der Waals surface area contributed by atoms with Gasteiger partial charge < -0.3 is 11.1 Å². The Labute approximate surface area is 118 Å². The van der Waals surface area contributed by atoms with Crippen LogP contribution in [0.5, 0.6) is 0 Å². The lowest BCUT2D eigenvalue weighted by Gasteiger charge is -2.11. The van der Waals surface area contributed by atoms with Crippen LogP contribution in [0.3, 0.4) is 0 Å². The molecule has 0 saturated carbocycles. The van der Waals surface area contributed by atoms with Gasteiger partial charge in [0.05, 0.1) is 17.6 Å². The topological polar surface area (TPSA) is 144 Å². The molecule has 0 atom stereocenters. The van der Waals surface area contributed by atoms with Crippen LogP contribution in [-0.2, 0) is 20.0 Å². The van der Waals surface area contributed by atoms with E-state index in [2.05, 4.69) is 10.0 Å². The molecule has 1 aromatic carbocycles. The second-order valence-corrected chi connectivity index (χ2v) is 7.57. The van der Waals surface area contributed by atoms with Crippen LogP contribution in [0.15, 0.2) is 23.1 Å². The van der Waals surface area contributed by atoms with Gasteiger partial charge in [-0.15, -0.1) is 0 Å². The molecule has 0 bridgehead atoms. The number of benzene rings is 1. The Kier molecular flexibility index (Phi) is 5.34. The van der Waals surface area contributed by atoms with Gasteiger partial charge in [-0.25, -0.2) is 26.7 Å². The lowest BCUT2D eigenvalue weighted by atomic mass is 10.2. The number of hydrogen-bond acceptors (Lipinski definition) is 6. The van der Waals surface area contributed by atoms with Gasteiger partial charge >= 0.3 is 0 Å². The molecular weight excluding hydrogens is 304 g/mol. The van der Waals surface area contributed by atoms with Crippen LogP contribution < -0.4 is 20.9 Å². The average Bonchev–Trinajstić information content (AvgIpc) is 2.27. The first-order chi connectivity index (χ1) is 9.11. The maximum Gasteiger partial charge on any atom is 0.240 e. The summed E-state index contributed by atoms with van der Waals surface area (Å²) in [5, 5.41) is 7.97. The van der Waals surface area contributed by atoms with Gasteiger partial charge in [-0.1, -0.05) is 6.07 Å². The molecule has 0 aliphatic heterocycles. The Morgan fingerprint density at radius 3 is 2.35 bits per heavy atom. The summed E-state index contributed by atoms with van der Waals surface area (Å²) >= 11 is 0. The van der Waals surface area contributed by atoms with Crippen LogP contribution in [0.2, 0.25) is 0 Å². The molecule has 0 amide bonds. The summed E-state index contributed by atoms with van der Waals surface area (Å²) in [6.45, 7) is 0.710. The largest absolute Gasteiger partial charge is 0.396 e. The predicted molar refractivity (Wildman–Crippen MR) is 78.2 cm³/mol. The molecule has 8 nitrogen and oxygen atoms in total. The van der Waals surface area contributed by atoms with E-state index in [1.54, 1.807) is 6.07 Å². The number of para-hydroxylation sites is 1. The summed E-state index contributed by atoms with van der Waals surface area (Å²) in [5.74, 6) is 0. The van der Waals surface area contributed by atoms with Gasteiger partial charge in [0.25, 0.3) is 0 Å². The Hall–Kier alpha value is -1.36. The first-order valence-corrected chi connectivity index (χ1v) is 9.15. The van der Waals surface area contributed by atoms with Crippen molar-refractivity contribution in [3.05, 3.63) is 18.2 Å². The third kappa shape index (κ3) is 5.33. The molecule has 6 N–H and O–H groups in total. The summed E-state index contributed by atoms with van der Waals surface area (Å²) in [4.78, 5) is -0.142. The molecule has 1 aromatic rings. The fraction of sp³-hybridized carbons (Fsp3) is 0.400. The van der Waals surface area contributed by atoms with Gasteiger partial charge in [0.1, 0.15) is 4.90 Å². The van der Waals surface area contributed by atoms with E-state index in [1.165, 1.54) is 12.1 Å². The Bertz CT molecular complexity index is 670. The zero-order valence-electron chi connectivity index (χ0n) is 11.0. The third-order valence-electron chi connectivity index (χ3n) is 2.41. The van der Waals surface area contributed by atoms with Crippen LogP contribution in [0.25, 0.3) is 0 Å². The lowest BCUT2D eigenvalue weighted by Crippen LogP contribution is -2.24. The maximum atomic E-state index is 11.3. The monoisotopic (exact) mass is 322 g/mol. The van der Waals surface area contributed by atoms with Crippen molar-refractivity contribution < 1.29 is 16.8 Å². The van der Waals surface area contributed by atoms with E-state index < -0.39 is 20.0 Å². The molecule has 114 valence electrons. The maximum absolute atomic E-state index is 11.3. The Balaban J connectivity index is 2.62. The highest BCUT2D eigenvalue weighted by molar-refractivity contribution is 7.89. The molecule has 1 rings (SSSR count). The van der Waals surface area contributed by atoms with E-state index in [0.717, 1.165) is 6.26 Å². The first kappa shape index (κ1) is 16.7. The SMILES string of the molecule is CS(=O)(=O)NCCCNc1cccc(S(N)(=O)=O)c1N. The molecule has 20 heavy (non-hydrogen) atoms. The second-order valence-electron chi connectivity index (χ2n) is 4.21. The number of nitrogens with one attached hydrogen (secondary N) is 2. The van der Waals surface area contributed by atoms with Crippen molar-refractivity contribution in [2.45, 2.75) is 11.3 Å². The van der Waals surface area contributed by atoms with Crippen LogP contribution >= 0.6 is 0 Å². The smallest absolute Gasteiger partial charge is 0.240 e. The van der Waals surface area contributed by atoms with Crippen molar-refractivity contribution in [1.29, 1.82) is 0 Å². The van der Waals surface area contributed by atoms with Crippen molar-refractivity contribution in [2.75, 3.05) is 30.4 Å². The van der Waals surface area contributed by atoms with Gasteiger partial charge in [0.15, 0.2) is 0 Å². The molecule has 10 heteroatoms. The normalized spacial score (nSPS) is 12.3. The minimum atomic E-state index is -3.87. The van der Waals surface area contributed by atoms with Crippen LogP contribution in [0, 0.1) is 0 Å².